The van der Waals surface area contributed by atoms with Gasteiger partial charge in [0.05, 0.1) is 22.6 Å². The molecule has 7 heteroatoms. The largest absolute Gasteiger partial charge is 0.309 e. The van der Waals surface area contributed by atoms with E-state index >= 15 is 0 Å². The monoisotopic (exact) mass is 324 g/mol. The van der Waals surface area contributed by atoms with Gasteiger partial charge in [-0.2, -0.15) is 10.4 Å². The summed E-state index contributed by atoms with van der Waals surface area (Å²) in [6.45, 7) is 4.73. The Bertz CT molecular complexity index is 843. The van der Waals surface area contributed by atoms with E-state index in [2.05, 4.69) is 21.4 Å². The van der Waals surface area contributed by atoms with Gasteiger partial charge in [-0.05, 0) is 26.0 Å². The van der Waals surface area contributed by atoms with Gasteiger partial charge >= 0.3 is 0 Å². The van der Waals surface area contributed by atoms with Crippen molar-refractivity contribution in [2.45, 2.75) is 31.3 Å². The summed E-state index contributed by atoms with van der Waals surface area (Å²) in [4.78, 5) is 0. The summed E-state index contributed by atoms with van der Waals surface area (Å²) in [7, 11) is 0. The molecule has 0 atom stereocenters. The molecule has 0 amide bonds. The number of nitrogens with zero attached hydrogens (tertiary/aromatic N) is 6. The van der Waals surface area contributed by atoms with E-state index in [4.69, 9.17) is 0 Å². The van der Waals surface area contributed by atoms with E-state index in [1.165, 1.54) is 0 Å². The normalized spacial score (nSPS) is 10.7. The molecule has 116 valence electrons. The number of hydrogen-bond donors (Lipinski definition) is 0. The van der Waals surface area contributed by atoms with E-state index in [1.54, 1.807) is 18.1 Å². The number of aromatic nitrogens is 5. The van der Waals surface area contributed by atoms with Crippen molar-refractivity contribution >= 4 is 11.8 Å². The van der Waals surface area contributed by atoms with Crippen molar-refractivity contribution in [3.05, 3.63) is 53.6 Å². The highest BCUT2D eigenvalue weighted by Crippen LogP contribution is 2.26. The first kappa shape index (κ1) is 15.3. The van der Waals surface area contributed by atoms with Crippen LogP contribution in [0.5, 0.6) is 0 Å². The maximum absolute atomic E-state index is 9.47. The predicted molar refractivity (Wildman–Crippen MR) is 88.3 cm³/mol. The summed E-state index contributed by atoms with van der Waals surface area (Å²) in [6, 6.07) is 12.1. The lowest BCUT2D eigenvalue weighted by Gasteiger charge is -2.08. The zero-order chi connectivity index (χ0) is 16.2. The lowest BCUT2D eigenvalue weighted by Crippen LogP contribution is -2.03. The SMILES string of the molecule is CCn1cnnc1SCc1c(C#N)c(C)nn1-c1ccccc1. The third kappa shape index (κ3) is 2.98. The van der Waals surface area contributed by atoms with Crippen LogP contribution < -0.4 is 0 Å². The molecule has 0 bridgehead atoms. The summed E-state index contributed by atoms with van der Waals surface area (Å²) in [5.41, 5.74) is 3.20. The van der Waals surface area contributed by atoms with Crippen molar-refractivity contribution in [2.75, 3.05) is 0 Å². The molecule has 0 aliphatic carbocycles. The molecule has 6 nitrogen and oxygen atoms in total. The molecule has 2 aromatic heterocycles. The maximum Gasteiger partial charge on any atom is 0.191 e. The molecular formula is C16H16N6S. The second kappa shape index (κ2) is 6.67. The van der Waals surface area contributed by atoms with Crippen LogP contribution in [0.1, 0.15) is 23.9 Å². The molecule has 0 N–H and O–H groups in total. The topological polar surface area (TPSA) is 72.3 Å². The molecule has 0 unspecified atom stereocenters. The Hall–Kier alpha value is -2.59. The highest BCUT2D eigenvalue weighted by Gasteiger charge is 2.17. The molecule has 0 radical (unpaired) electrons. The van der Waals surface area contributed by atoms with Crippen LogP contribution in [0.2, 0.25) is 0 Å². The van der Waals surface area contributed by atoms with Crippen LogP contribution in [0.25, 0.3) is 5.69 Å². The minimum absolute atomic E-state index is 0.608. The van der Waals surface area contributed by atoms with E-state index in [-0.39, 0.29) is 0 Å². The second-order valence-corrected chi connectivity index (χ2v) is 5.90. The fraction of sp³-hybridized carbons (Fsp3) is 0.250. The molecule has 0 spiro atoms. The minimum atomic E-state index is 0.608. The molecule has 1 aromatic carbocycles. The molecular weight excluding hydrogens is 308 g/mol. The summed E-state index contributed by atoms with van der Waals surface area (Å²) >= 11 is 1.56. The number of benzene rings is 1. The van der Waals surface area contributed by atoms with Crippen molar-refractivity contribution in [3.8, 4) is 11.8 Å². The number of rotatable bonds is 5. The van der Waals surface area contributed by atoms with Crippen LogP contribution in [0.4, 0.5) is 0 Å². The van der Waals surface area contributed by atoms with Crippen LogP contribution in [-0.4, -0.2) is 24.5 Å². The van der Waals surface area contributed by atoms with E-state index < -0.39 is 0 Å². The van der Waals surface area contributed by atoms with Gasteiger partial charge in [-0.25, -0.2) is 4.68 Å². The van der Waals surface area contributed by atoms with Gasteiger partial charge in [0.2, 0.25) is 0 Å². The van der Waals surface area contributed by atoms with Gasteiger partial charge in [-0.15, -0.1) is 10.2 Å². The van der Waals surface area contributed by atoms with Gasteiger partial charge in [-0.1, -0.05) is 30.0 Å². The molecule has 23 heavy (non-hydrogen) atoms. The van der Waals surface area contributed by atoms with Crippen molar-refractivity contribution in [1.82, 2.24) is 24.5 Å². The Labute approximate surface area is 138 Å². The van der Waals surface area contributed by atoms with Crippen LogP contribution in [0.15, 0.2) is 41.8 Å². The maximum atomic E-state index is 9.47. The molecule has 0 saturated heterocycles. The number of hydrogen-bond acceptors (Lipinski definition) is 5. The van der Waals surface area contributed by atoms with Crippen molar-refractivity contribution < 1.29 is 0 Å². The molecule has 2 heterocycles. The second-order valence-electron chi connectivity index (χ2n) is 4.95. The Morgan fingerprint density at radius 1 is 1.26 bits per heavy atom. The lowest BCUT2D eigenvalue weighted by molar-refractivity contribution is 0.680. The van der Waals surface area contributed by atoms with E-state index in [1.807, 2.05) is 53.4 Å². The van der Waals surface area contributed by atoms with Crippen molar-refractivity contribution in [1.29, 1.82) is 5.26 Å². The van der Waals surface area contributed by atoms with Crippen LogP contribution in [0, 0.1) is 18.3 Å². The average Bonchev–Trinajstić information content (AvgIpc) is 3.17. The predicted octanol–water partition coefficient (Wildman–Crippen LogP) is 2.96. The van der Waals surface area contributed by atoms with Gasteiger partial charge in [0.1, 0.15) is 12.4 Å². The van der Waals surface area contributed by atoms with Crippen LogP contribution >= 0.6 is 11.8 Å². The average molecular weight is 324 g/mol. The van der Waals surface area contributed by atoms with Gasteiger partial charge in [0, 0.05) is 12.3 Å². The first-order valence-electron chi connectivity index (χ1n) is 7.29. The quantitative estimate of drug-likeness (QED) is 0.675. The minimum Gasteiger partial charge on any atom is -0.309 e. The van der Waals surface area contributed by atoms with E-state index in [0.29, 0.717) is 11.3 Å². The highest BCUT2D eigenvalue weighted by atomic mass is 32.2. The third-order valence-electron chi connectivity index (χ3n) is 3.53. The van der Waals surface area contributed by atoms with Crippen LogP contribution in [0.3, 0.4) is 0 Å². The number of aryl methyl sites for hydroxylation is 2. The zero-order valence-electron chi connectivity index (χ0n) is 13.0. The first-order valence-corrected chi connectivity index (χ1v) is 8.27. The Morgan fingerprint density at radius 2 is 2.04 bits per heavy atom. The van der Waals surface area contributed by atoms with Gasteiger partial charge in [0.15, 0.2) is 5.16 Å². The molecule has 0 aliphatic heterocycles. The smallest absolute Gasteiger partial charge is 0.191 e. The number of thioether (sulfide) groups is 1. The Balaban J connectivity index is 1.96. The molecule has 0 saturated carbocycles. The molecule has 3 rings (SSSR count). The van der Waals surface area contributed by atoms with E-state index in [9.17, 15) is 5.26 Å². The standard InChI is InChI=1S/C16H16N6S/c1-3-21-11-18-19-16(21)23-10-15-14(9-17)12(2)20-22(15)13-7-5-4-6-8-13/h4-8,11H,3,10H2,1-2H3. The fourth-order valence-electron chi connectivity index (χ4n) is 2.34. The van der Waals surface area contributed by atoms with Crippen molar-refractivity contribution in [3.63, 3.8) is 0 Å². The lowest BCUT2D eigenvalue weighted by atomic mass is 10.2. The Kier molecular flexibility index (Phi) is 4.44. The summed E-state index contributed by atoms with van der Waals surface area (Å²) in [5, 5.41) is 22.9. The number of nitriles is 1. The van der Waals surface area contributed by atoms with Gasteiger partial charge < -0.3 is 4.57 Å². The number of para-hydroxylation sites is 1. The van der Waals surface area contributed by atoms with Crippen LogP contribution in [-0.2, 0) is 12.3 Å². The zero-order valence-corrected chi connectivity index (χ0v) is 13.8. The summed E-state index contributed by atoms with van der Waals surface area (Å²) < 4.78 is 3.82. The van der Waals surface area contributed by atoms with Gasteiger partial charge in [0.25, 0.3) is 0 Å². The molecule has 3 aromatic rings. The summed E-state index contributed by atoms with van der Waals surface area (Å²) in [5.74, 6) is 0.608. The highest BCUT2D eigenvalue weighted by molar-refractivity contribution is 7.98. The summed E-state index contributed by atoms with van der Waals surface area (Å²) in [6.07, 6.45) is 1.72. The first-order chi connectivity index (χ1) is 11.2. The van der Waals surface area contributed by atoms with Gasteiger partial charge in [-0.3, -0.25) is 0 Å². The third-order valence-corrected chi connectivity index (χ3v) is 4.52. The molecule has 0 fully saturated rings. The molecule has 0 aliphatic rings. The Morgan fingerprint density at radius 3 is 2.74 bits per heavy atom. The van der Waals surface area contributed by atoms with Crippen molar-refractivity contribution in [2.24, 2.45) is 0 Å². The fourth-order valence-corrected chi connectivity index (χ4v) is 3.32. The van der Waals surface area contributed by atoms with E-state index in [0.717, 1.165) is 28.8 Å².